The molecule has 0 spiro atoms. The van der Waals surface area contributed by atoms with Crippen LogP contribution in [0.5, 0.6) is 0 Å². The molecule has 1 amide bonds. The minimum absolute atomic E-state index is 0. The van der Waals surface area contributed by atoms with Gasteiger partial charge in [0.15, 0.2) is 0 Å². The highest BCUT2D eigenvalue weighted by Gasteiger charge is 2.38. The molecule has 0 bridgehead atoms. The molecule has 19 heavy (non-hydrogen) atoms. The molecule has 2 aliphatic carbocycles. The maximum Gasteiger partial charge on any atom is 0.223 e. The van der Waals surface area contributed by atoms with Crippen LogP contribution in [-0.4, -0.2) is 29.4 Å². The van der Waals surface area contributed by atoms with Crippen molar-refractivity contribution in [1.82, 2.24) is 4.90 Å². The molecular formula is C15H29ClN2O. The van der Waals surface area contributed by atoms with Crippen LogP contribution in [0, 0.1) is 5.92 Å². The van der Waals surface area contributed by atoms with E-state index in [1.165, 1.54) is 44.9 Å². The Morgan fingerprint density at radius 3 is 2.05 bits per heavy atom. The molecule has 112 valence electrons. The van der Waals surface area contributed by atoms with Crippen LogP contribution in [0.15, 0.2) is 0 Å². The topological polar surface area (TPSA) is 46.3 Å². The van der Waals surface area contributed by atoms with E-state index in [0.29, 0.717) is 31.0 Å². The average molecular weight is 289 g/mol. The van der Waals surface area contributed by atoms with Gasteiger partial charge in [0.25, 0.3) is 0 Å². The van der Waals surface area contributed by atoms with Crippen LogP contribution in [0.1, 0.15) is 64.7 Å². The predicted molar refractivity (Wildman–Crippen MR) is 81.4 cm³/mol. The number of amides is 1. The van der Waals surface area contributed by atoms with Gasteiger partial charge in [0, 0.05) is 18.5 Å². The molecule has 4 heteroatoms. The zero-order valence-electron chi connectivity index (χ0n) is 12.1. The molecule has 0 heterocycles. The van der Waals surface area contributed by atoms with Crippen LogP contribution in [0.3, 0.4) is 0 Å². The van der Waals surface area contributed by atoms with E-state index in [2.05, 4.69) is 11.8 Å². The van der Waals surface area contributed by atoms with Crippen molar-refractivity contribution in [1.29, 1.82) is 0 Å². The normalized spacial score (nSPS) is 26.6. The second-order valence-corrected chi connectivity index (χ2v) is 6.01. The van der Waals surface area contributed by atoms with E-state index < -0.39 is 0 Å². The van der Waals surface area contributed by atoms with Gasteiger partial charge in [-0.2, -0.15) is 0 Å². The first-order chi connectivity index (χ1) is 8.76. The van der Waals surface area contributed by atoms with Gasteiger partial charge >= 0.3 is 0 Å². The first-order valence-electron chi connectivity index (χ1n) is 7.77. The maximum atomic E-state index is 12.3. The van der Waals surface area contributed by atoms with Gasteiger partial charge in [-0.15, -0.1) is 12.4 Å². The zero-order valence-corrected chi connectivity index (χ0v) is 13.0. The Hall–Kier alpha value is -0.280. The Kier molecular flexibility index (Phi) is 7.16. The summed E-state index contributed by atoms with van der Waals surface area (Å²) in [6, 6.07) is 1.10. The lowest BCUT2D eigenvalue weighted by molar-refractivity contribution is -0.135. The van der Waals surface area contributed by atoms with Crippen LogP contribution >= 0.6 is 12.4 Å². The molecule has 3 nitrogen and oxygen atoms in total. The number of nitrogens with zero attached hydrogens (tertiary/aromatic N) is 1. The standard InChI is InChI=1S/C15H28N2O.ClH/c1-2-12-5-7-13(8-6-12)17(14-9-10-14)15(18)4-3-11-16;/h12-14H,2-11,16H2,1H3;1H. The first-order valence-corrected chi connectivity index (χ1v) is 7.77. The zero-order chi connectivity index (χ0) is 13.0. The van der Waals surface area contributed by atoms with Gasteiger partial charge in [-0.1, -0.05) is 13.3 Å². The minimum atomic E-state index is 0. The van der Waals surface area contributed by atoms with Crippen molar-refractivity contribution in [3.8, 4) is 0 Å². The molecule has 2 saturated carbocycles. The largest absolute Gasteiger partial charge is 0.337 e. The maximum absolute atomic E-state index is 12.3. The van der Waals surface area contributed by atoms with Crippen molar-refractivity contribution < 1.29 is 4.79 Å². The molecule has 0 aromatic heterocycles. The number of carbonyl (C=O) groups is 1. The molecule has 0 saturated heterocycles. The van der Waals surface area contributed by atoms with E-state index in [0.717, 1.165) is 12.3 Å². The molecule has 0 radical (unpaired) electrons. The van der Waals surface area contributed by atoms with Crippen LogP contribution < -0.4 is 5.73 Å². The fourth-order valence-electron chi connectivity index (χ4n) is 3.27. The summed E-state index contributed by atoms with van der Waals surface area (Å²) in [7, 11) is 0. The monoisotopic (exact) mass is 288 g/mol. The van der Waals surface area contributed by atoms with Crippen LogP contribution in [0.4, 0.5) is 0 Å². The Balaban J connectivity index is 0.00000180. The van der Waals surface area contributed by atoms with E-state index in [9.17, 15) is 4.79 Å². The summed E-state index contributed by atoms with van der Waals surface area (Å²) in [5, 5.41) is 0. The summed E-state index contributed by atoms with van der Waals surface area (Å²) in [6.45, 7) is 2.92. The number of carbonyl (C=O) groups excluding carboxylic acids is 1. The SMILES string of the molecule is CCC1CCC(N(C(=O)CCCN)C2CC2)CC1.Cl. The predicted octanol–water partition coefficient (Wildman–Crippen LogP) is 3.11. The number of rotatable bonds is 6. The third-order valence-electron chi connectivity index (χ3n) is 4.61. The number of nitrogens with two attached hydrogens (primary N) is 1. The van der Waals surface area contributed by atoms with Gasteiger partial charge in [-0.3, -0.25) is 4.79 Å². The summed E-state index contributed by atoms with van der Waals surface area (Å²) in [5.74, 6) is 1.27. The lowest BCUT2D eigenvalue weighted by atomic mass is 9.83. The van der Waals surface area contributed by atoms with Crippen LogP contribution in [0.2, 0.25) is 0 Å². The van der Waals surface area contributed by atoms with E-state index in [1.807, 2.05) is 0 Å². The Morgan fingerprint density at radius 1 is 1.11 bits per heavy atom. The second kappa shape index (κ2) is 8.11. The summed E-state index contributed by atoms with van der Waals surface area (Å²) in [4.78, 5) is 14.5. The van der Waals surface area contributed by atoms with Crippen molar-refractivity contribution >= 4 is 18.3 Å². The summed E-state index contributed by atoms with van der Waals surface area (Å²) in [5.41, 5.74) is 5.51. The highest BCUT2D eigenvalue weighted by molar-refractivity contribution is 5.85. The Morgan fingerprint density at radius 2 is 1.63 bits per heavy atom. The summed E-state index contributed by atoms with van der Waals surface area (Å²) < 4.78 is 0. The van der Waals surface area contributed by atoms with Crippen molar-refractivity contribution in [2.24, 2.45) is 11.7 Å². The highest BCUT2D eigenvalue weighted by Crippen LogP contribution is 2.36. The summed E-state index contributed by atoms with van der Waals surface area (Å²) >= 11 is 0. The molecule has 2 aliphatic rings. The van der Waals surface area contributed by atoms with Gasteiger partial charge in [0.05, 0.1) is 0 Å². The first kappa shape index (κ1) is 16.8. The molecule has 2 N–H and O–H groups in total. The van der Waals surface area contributed by atoms with Crippen LogP contribution in [-0.2, 0) is 4.79 Å². The minimum Gasteiger partial charge on any atom is -0.337 e. The molecule has 0 aromatic rings. The molecule has 0 unspecified atom stereocenters. The van der Waals surface area contributed by atoms with Gasteiger partial charge in [-0.05, 0) is 57.4 Å². The third kappa shape index (κ3) is 4.64. The number of hydrogen-bond acceptors (Lipinski definition) is 2. The van der Waals surface area contributed by atoms with Crippen molar-refractivity contribution in [2.75, 3.05) is 6.54 Å². The quantitative estimate of drug-likeness (QED) is 0.816. The second-order valence-electron chi connectivity index (χ2n) is 6.01. The fraction of sp³-hybridized carbons (Fsp3) is 0.933. The molecule has 2 rings (SSSR count). The third-order valence-corrected chi connectivity index (χ3v) is 4.61. The molecule has 0 atom stereocenters. The molecule has 2 fully saturated rings. The molecule has 0 aliphatic heterocycles. The lowest BCUT2D eigenvalue weighted by Crippen LogP contribution is -2.43. The van der Waals surface area contributed by atoms with Gasteiger partial charge in [0.1, 0.15) is 0 Å². The molecular weight excluding hydrogens is 260 g/mol. The van der Waals surface area contributed by atoms with Gasteiger partial charge in [-0.25, -0.2) is 0 Å². The van der Waals surface area contributed by atoms with Crippen LogP contribution in [0.25, 0.3) is 0 Å². The molecule has 0 aromatic carbocycles. The lowest BCUT2D eigenvalue weighted by Gasteiger charge is -2.37. The fourth-order valence-corrected chi connectivity index (χ4v) is 3.27. The van der Waals surface area contributed by atoms with E-state index in [-0.39, 0.29) is 12.4 Å². The van der Waals surface area contributed by atoms with Gasteiger partial charge in [0.2, 0.25) is 5.91 Å². The summed E-state index contributed by atoms with van der Waals surface area (Å²) in [6.07, 6.45) is 10.3. The van der Waals surface area contributed by atoms with E-state index in [4.69, 9.17) is 5.73 Å². The van der Waals surface area contributed by atoms with Gasteiger partial charge < -0.3 is 10.6 Å². The van der Waals surface area contributed by atoms with Crippen molar-refractivity contribution in [3.63, 3.8) is 0 Å². The van der Waals surface area contributed by atoms with E-state index >= 15 is 0 Å². The van der Waals surface area contributed by atoms with Crippen molar-refractivity contribution in [3.05, 3.63) is 0 Å². The average Bonchev–Trinajstić information content (AvgIpc) is 3.22. The smallest absolute Gasteiger partial charge is 0.223 e. The Bertz CT molecular complexity index is 273. The Labute approximate surface area is 123 Å². The van der Waals surface area contributed by atoms with Crippen molar-refractivity contribution in [2.45, 2.75) is 76.8 Å². The number of hydrogen-bond donors (Lipinski definition) is 1. The number of halogens is 1. The van der Waals surface area contributed by atoms with E-state index in [1.54, 1.807) is 0 Å². The highest BCUT2D eigenvalue weighted by atomic mass is 35.5.